The number of aromatic amines is 1. The van der Waals surface area contributed by atoms with Crippen LogP contribution in [0.3, 0.4) is 0 Å². The van der Waals surface area contributed by atoms with E-state index < -0.39 is 0 Å². The summed E-state index contributed by atoms with van der Waals surface area (Å²) in [5, 5.41) is 0.773. The predicted octanol–water partition coefficient (Wildman–Crippen LogP) is 2.80. The Balaban J connectivity index is 3.33. The van der Waals surface area contributed by atoms with E-state index in [0.717, 1.165) is 9.50 Å². The van der Waals surface area contributed by atoms with Gasteiger partial charge in [-0.1, -0.05) is 28.1 Å². The molecule has 0 atom stereocenters. The third-order valence-corrected chi connectivity index (χ3v) is 1.71. The minimum Gasteiger partial charge on any atom is -0.341 e. The number of aromatic nitrogens is 1. The standard InChI is InChI=1S/C5H4BrNS2/c6-3-1-4(8)7-5(9)2-3/h1-2H,(H2,7,8,9). The lowest BCUT2D eigenvalue weighted by Gasteiger charge is -1.91. The van der Waals surface area contributed by atoms with Crippen LogP contribution in [0.15, 0.2) is 21.6 Å². The Hall–Kier alpha value is 0.200. The molecule has 0 amide bonds. The Morgan fingerprint density at radius 1 is 1.56 bits per heavy atom. The summed E-state index contributed by atoms with van der Waals surface area (Å²) in [6.45, 7) is 0. The van der Waals surface area contributed by atoms with E-state index in [9.17, 15) is 0 Å². The van der Waals surface area contributed by atoms with Crippen molar-refractivity contribution >= 4 is 40.8 Å². The molecule has 1 aromatic heterocycles. The highest BCUT2D eigenvalue weighted by Gasteiger charge is 1.87. The normalized spacial score (nSPS) is 9.56. The number of hydrogen-bond donors (Lipinski definition) is 2. The van der Waals surface area contributed by atoms with E-state index in [1.165, 1.54) is 0 Å². The minimum absolute atomic E-state index is 0.689. The van der Waals surface area contributed by atoms with Gasteiger partial charge in [0.1, 0.15) is 4.64 Å². The van der Waals surface area contributed by atoms with Crippen LogP contribution in [0.2, 0.25) is 0 Å². The van der Waals surface area contributed by atoms with E-state index >= 15 is 0 Å². The number of nitrogens with one attached hydrogen (secondary N) is 1. The van der Waals surface area contributed by atoms with Gasteiger partial charge in [0.05, 0.1) is 5.03 Å². The molecule has 1 rings (SSSR count). The van der Waals surface area contributed by atoms with Crippen molar-refractivity contribution in [3.8, 4) is 0 Å². The maximum Gasteiger partial charge on any atom is 0.105 e. The molecule has 0 aliphatic rings. The van der Waals surface area contributed by atoms with Crippen LogP contribution in [0.1, 0.15) is 0 Å². The summed E-state index contributed by atoms with van der Waals surface area (Å²) in [5.41, 5.74) is 0. The molecule has 0 fully saturated rings. The van der Waals surface area contributed by atoms with Crippen molar-refractivity contribution in [2.24, 2.45) is 0 Å². The van der Waals surface area contributed by atoms with Crippen molar-refractivity contribution in [2.45, 2.75) is 5.03 Å². The first-order valence-electron chi connectivity index (χ1n) is 2.27. The summed E-state index contributed by atoms with van der Waals surface area (Å²) in [4.78, 5) is 2.86. The topological polar surface area (TPSA) is 15.8 Å². The first-order chi connectivity index (χ1) is 4.18. The average molecular weight is 222 g/mol. The monoisotopic (exact) mass is 221 g/mol. The molecule has 4 heteroatoms. The molecular weight excluding hydrogens is 218 g/mol. The SMILES string of the molecule is S=c1cc(Br)cc(S)[nH]1. The van der Waals surface area contributed by atoms with Crippen molar-refractivity contribution < 1.29 is 0 Å². The van der Waals surface area contributed by atoms with Crippen LogP contribution >= 0.6 is 40.8 Å². The largest absolute Gasteiger partial charge is 0.341 e. The van der Waals surface area contributed by atoms with Crippen LogP contribution in [0.5, 0.6) is 0 Å². The van der Waals surface area contributed by atoms with Gasteiger partial charge in [0, 0.05) is 4.47 Å². The highest BCUT2D eigenvalue weighted by molar-refractivity contribution is 9.10. The van der Waals surface area contributed by atoms with Gasteiger partial charge in [-0.05, 0) is 12.1 Å². The molecular formula is C5H4BrNS2. The number of thiol groups is 1. The molecule has 0 unspecified atom stereocenters. The maximum absolute atomic E-state index is 4.85. The molecule has 0 bridgehead atoms. The quantitative estimate of drug-likeness (QED) is 0.509. The molecule has 0 aromatic carbocycles. The third kappa shape index (κ3) is 2.12. The van der Waals surface area contributed by atoms with E-state index in [0.29, 0.717) is 4.64 Å². The Bertz CT molecular complexity index is 245. The highest BCUT2D eigenvalue weighted by atomic mass is 79.9. The van der Waals surface area contributed by atoms with Gasteiger partial charge in [0.25, 0.3) is 0 Å². The molecule has 0 saturated carbocycles. The zero-order chi connectivity index (χ0) is 6.85. The van der Waals surface area contributed by atoms with Gasteiger partial charge in [-0.25, -0.2) is 0 Å². The lowest BCUT2D eigenvalue weighted by atomic mass is 10.5. The molecule has 0 aliphatic carbocycles. The minimum atomic E-state index is 0.689. The zero-order valence-corrected chi connectivity index (χ0v) is 7.69. The molecule has 1 nitrogen and oxygen atoms in total. The summed E-state index contributed by atoms with van der Waals surface area (Å²) < 4.78 is 1.64. The van der Waals surface area contributed by atoms with Gasteiger partial charge in [-0.15, -0.1) is 12.6 Å². The summed E-state index contributed by atoms with van der Waals surface area (Å²) in [7, 11) is 0. The van der Waals surface area contributed by atoms with Crippen molar-refractivity contribution in [3.63, 3.8) is 0 Å². The van der Waals surface area contributed by atoms with E-state index in [1.807, 2.05) is 12.1 Å². The van der Waals surface area contributed by atoms with Crippen molar-refractivity contribution in [3.05, 3.63) is 21.2 Å². The van der Waals surface area contributed by atoms with Crippen molar-refractivity contribution in [2.75, 3.05) is 0 Å². The smallest absolute Gasteiger partial charge is 0.105 e. The molecule has 0 radical (unpaired) electrons. The maximum atomic E-state index is 4.85. The second-order valence-corrected chi connectivity index (χ2v) is 3.39. The molecule has 0 spiro atoms. The van der Waals surface area contributed by atoms with Gasteiger partial charge in [0.15, 0.2) is 0 Å². The molecule has 1 heterocycles. The highest BCUT2D eigenvalue weighted by Crippen LogP contribution is 2.12. The molecule has 0 aliphatic heterocycles. The number of H-pyrrole nitrogens is 1. The Labute approximate surface area is 72.0 Å². The van der Waals surface area contributed by atoms with Gasteiger partial charge in [0.2, 0.25) is 0 Å². The number of hydrogen-bond acceptors (Lipinski definition) is 2. The van der Waals surface area contributed by atoms with Crippen molar-refractivity contribution in [1.82, 2.24) is 4.98 Å². The number of rotatable bonds is 0. The van der Waals surface area contributed by atoms with Crippen molar-refractivity contribution in [1.29, 1.82) is 0 Å². The molecule has 1 aromatic rings. The second-order valence-electron chi connectivity index (χ2n) is 1.55. The van der Waals surface area contributed by atoms with Gasteiger partial charge < -0.3 is 4.98 Å². The molecule has 1 N–H and O–H groups in total. The lowest BCUT2D eigenvalue weighted by molar-refractivity contribution is 1.11. The van der Waals surface area contributed by atoms with Crippen LogP contribution in [0.25, 0.3) is 0 Å². The fourth-order valence-corrected chi connectivity index (χ4v) is 1.85. The summed E-state index contributed by atoms with van der Waals surface area (Å²) in [5.74, 6) is 0. The molecule has 9 heavy (non-hydrogen) atoms. The van der Waals surface area contributed by atoms with Crippen LogP contribution in [0.4, 0.5) is 0 Å². The Morgan fingerprint density at radius 2 is 2.22 bits per heavy atom. The first kappa shape index (κ1) is 7.31. The van der Waals surface area contributed by atoms with E-state index in [-0.39, 0.29) is 0 Å². The van der Waals surface area contributed by atoms with E-state index in [2.05, 4.69) is 33.5 Å². The average Bonchev–Trinajstić information content (AvgIpc) is 1.59. The van der Waals surface area contributed by atoms with Crippen LogP contribution in [-0.2, 0) is 0 Å². The second kappa shape index (κ2) is 2.86. The fraction of sp³-hybridized carbons (Fsp3) is 0. The summed E-state index contributed by atoms with van der Waals surface area (Å²) >= 11 is 12.2. The number of pyridine rings is 1. The van der Waals surface area contributed by atoms with Gasteiger partial charge in [-0.3, -0.25) is 0 Å². The molecule has 0 saturated heterocycles. The van der Waals surface area contributed by atoms with Crippen LogP contribution in [-0.4, -0.2) is 4.98 Å². The van der Waals surface area contributed by atoms with Gasteiger partial charge in [-0.2, -0.15) is 0 Å². The third-order valence-electron chi connectivity index (χ3n) is 0.795. The lowest BCUT2D eigenvalue weighted by Crippen LogP contribution is -1.75. The Morgan fingerprint density at radius 3 is 2.67 bits per heavy atom. The predicted molar refractivity (Wildman–Crippen MR) is 46.6 cm³/mol. The number of halogens is 1. The molecule has 48 valence electrons. The first-order valence-corrected chi connectivity index (χ1v) is 3.92. The van der Waals surface area contributed by atoms with E-state index in [4.69, 9.17) is 12.2 Å². The van der Waals surface area contributed by atoms with Crippen LogP contribution < -0.4 is 0 Å². The van der Waals surface area contributed by atoms with E-state index in [1.54, 1.807) is 0 Å². The van der Waals surface area contributed by atoms with Crippen LogP contribution in [0, 0.1) is 4.64 Å². The summed E-state index contributed by atoms with van der Waals surface area (Å²) in [6, 6.07) is 3.66. The fourth-order valence-electron chi connectivity index (χ4n) is 0.496. The summed E-state index contributed by atoms with van der Waals surface area (Å²) in [6.07, 6.45) is 0. The Kier molecular flexibility index (Phi) is 2.32. The van der Waals surface area contributed by atoms with Gasteiger partial charge >= 0.3 is 0 Å². The zero-order valence-electron chi connectivity index (χ0n) is 4.39.